The Morgan fingerprint density at radius 3 is 2.63 bits per heavy atom. The maximum absolute atomic E-state index is 14.2. The van der Waals surface area contributed by atoms with E-state index in [1.807, 2.05) is 4.90 Å². The molecule has 0 saturated carbocycles. The Balaban J connectivity index is 0.000000279. The molecule has 14 heteroatoms. The van der Waals surface area contributed by atoms with Crippen molar-refractivity contribution in [2.24, 2.45) is 5.92 Å². The van der Waals surface area contributed by atoms with E-state index < -0.39 is 29.7 Å². The first-order chi connectivity index (χ1) is 20.4. The zero-order valence-corrected chi connectivity index (χ0v) is 24.0. The Kier molecular flexibility index (Phi) is 9.37. The third kappa shape index (κ3) is 7.01. The topological polar surface area (TPSA) is 86.0 Å². The van der Waals surface area contributed by atoms with Crippen LogP contribution >= 0.6 is 0 Å². The van der Waals surface area contributed by atoms with Gasteiger partial charge in [-0.15, -0.1) is 0 Å². The fourth-order valence-corrected chi connectivity index (χ4v) is 6.22. The fourth-order valence-electron chi connectivity index (χ4n) is 6.22. The maximum Gasteiger partial charge on any atom is 0.419 e. The smallest absolute Gasteiger partial charge is 0.419 e. The molecule has 0 bridgehead atoms. The Morgan fingerprint density at radius 1 is 1.14 bits per heavy atom. The van der Waals surface area contributed by atoms with E-state index in [1.165, 1.54) is 13.5 Å². The number of fused-ring (bicyclic) bond motifs is 2. The molecule has 5 heterocycles. The average Bonchev–Trinajstić information content (AvgIpc) is 3.49. The zero-order valence-electron chi connectivity index (χ0n) is 24.0. The molecule has 43 heavy (non-hydrogen) atoms. The quantitative estimate of drug-likeness (QED) is 0.357. The molecule has 0 amide bonds. The molecule has 4 aliphatic heterocycles. The predicted octanol–water partition coefficient (Wildman–Crippen LogP) is 5.52. The number of nitrogens with zero attached hydrogens (tertiary/aromatic N) is 4. The summed E-state index contributed by atoms with van der Waals surface area (Å²) in [7, 11) is 1.42. The SMILES string of the molecule is COc1nc2c(c(N3CCOCC(C)C3)n1)COC(c1cc(N)cc(F)c1C(F)(F)F)C2.FC(F)=C1CC2CCCN2C1. The number of nitrogen functional groups attached to an aromatic ring is 1. The van der Waals surface area contributed by atoms with Gasteiger partial charge in [0.1, 0.15) is 11.6 Å². The number of benzene rings is 1. The molecule has 3 saturated heterocycles. The van der Waals surface area contributed by atoms with Crippen LogP contribution in [0.5, 0.6) is 6.01 Å². The lowest BCUT2D eigenvalue weighted by Gasteiger charge is -2.31. The first-order valence-electron chi connectivity index (χ1n) is 14.3. The number of halogens is 6. The molecule has 236 valence electrons. The first kappa shape index (κ1) is 31.3. The number of aromatic nitrogens is 2. The van der Waals surface area contributed by atoms with Crippen molar-refractivity contribution < 1.29 is 40.6 Å². The Bertz CT molecular complexity index is 1340. The normalized spacial score (nSPS) is 24.1. The molecule has 4 aliphatic rings. The van der Waals surface area contributed by atoms with Crippen LogP contribution in [0.15, 0.2) is 23.8 Å². The van der Waals surface area contributed by atoms with Crippen LogP contribution in [0.2, 0.25) is 0 Å². The zero-order chi connectivity index (χ0) is 30.9. The summed E-state index contributed by atoms with van der Waals surface area (Å²) in [5.74, 6) is -0.560. The van der Waals surface area contributed by atoms with Crippen molar-refractivity contribution in [2.45, 2.75) is 57.5 Å². The standard InChI is InChI=1S/C21H24F4N4O3.C8H11F2N/c1-11-8-29(3-4-31-9-11)19-14-10-32-17(7-16(14)27-20(28-19)30-2)13-5-12(26)6-15(22)18(13)21(23,24)25;9-8(10)6-4-7-2-1-3-11(7)5-6/h5-6,11,17H,3-4,7-10,26H2,1-2H3;7H,1-5H2. The van der Waals surface area contributed by atoms with Crippen molar-refractivity contribution in [3.8, 4) is 6.01 Å². The van der Waals surface area contributed by atoms with E-state index in [-0.39, 0.29) is 36.2 Å². The van der Waals surface area contributed by atoms with Crippen LogP contribution < -0.4 is 15.4 Å². The largest absolute Gasteiger partial charge is 0.467 e. The Labute approximate surface area is 245 Å². The highest BCUT2D eigenvalue weighted by molar-refractivity contribution is 5.53. The van der Waals surface area contributed by atoms with E-state index in [9.17, 15) is 26.3 Å². The van der Waals surface area contributed by atoms with Crippen LogP contribution in [0, 0.1) is 11.7 Å². The Hall–Kier alpha value is -3.10. The summed E-state index contributed by atoms with van der Waals surface area (Å²) in [4.78, 5) is 13.1. The van der Waals surface area contributed by atoms with Crippen molar-refractivity contribution >= 4 is 11.5 Å². The molecule has 1 aromatic heterocycles. The van der Waals surface area contributed by atoms with Gasteiger partial charge in [0.05, 0.1) is 44.3 Å². The lowest BCUT2D eigenvalue weighted by Crippen LogP contribution is -2.32. The molecule has 8 nitrogen and oxygen atoms in total. The summed E-state index contributed by atoms with van der Waals surface area (Å²) in [5, 5.41) is 0. The molecular weight excluding hydrogens is 580 g/mol. The first-order valence-corrected chi connectivity index (χ1v) is 14.3. The van der Waals surface area contributed by atoms with E-state index in [2.05, 4.69) is 21.8 Å². The summed E-state index contributed by atoms with van der Waals surface area (Å²) >= 11 is 0. The number of methoxy groups -OCH3 is 1. The average molecular weight is 616 g/mol. The van der Waals surface area contributed by atoms with Crippen LogP contribution in [0.1, 0.15) is 54.7 Å². The highest BCUT2D eigenvalue weighted by Crippen LogP contribution is 2.42. The molecular formula is C29H35F6N5O3. The van der Waals surface area contributed by atoms with Gasteiger partial charge in [-0.25, -0.2) is 4.39 Å². The number of anilines is 2. The fraction of sp³-hybridized carbons (Fsp3) is 0.586. The van der Waals surface area contributed by atoms with Crippen LogP contribution in [0.3, 0.4) is 0 Å². The van der Waals surface area contributed by atoms with Gasteiger partial charge in [0.15, 0.2) is 0 Å². The van der Waals surface area contributed by atoms with Gasteiger partial charge in [0, 0.05) is 48.9 Å². The van der Waals surface area contributed by atoms with Gasteiger partial charge in [-0.1, -0.05) is 6.92 Å². The molecule has 0 radical (unpaired) electrons. The number of alkyl halides is 3. The molecule has 3 atom stereocenters. The number of ether oxygens (including phenoxy) is 3. The summed E-state index contributed by atoms with van der Waals surface area (Å²) < 4.78 is 95.9. The van der Waals surface area contributed by atoms with E-state index in [0.29, 0.717) is 74.0 Å². The molecule has 3 fully saturated rings. The van der Waals surface area contributed by atoms with Crippen LogP contribution in [-0.4, -0.2) is 67.4 Å². The number of rotatable bonds is 3. The highest BCUT2D eigenvalue weighted by Gasteiger charge is 2.41. The van der Waals surface area contributed by atoms with Crippen LogP contribution in [0.25, 0.3) is 0 Å². The summed E-state index contributed by atoms with van der Waals surface area (Å²) in [6.45, 7) is 6.00. The van der Waals surface area contributed by atoms with Crippen LogP contribution in [0.4, 0.5) is 37.8 Å². The van der Waals surface area contributed by atoms with Crippen LogP contribution in [-0.2, 0) is 28.7 Å². The third-order valence-electron chi connectivity index (χ3n) is 8.20. The monoisotopic (exact) mass is 615 g/mol. The van der Waals surface area contributed by atoms with Gasteiger partial charge < -0.3 is 24.8 Å². The second-order valence-corrected chi connectivity index (χ2v) is 11.4. The minimum absolute atomic E-state index is 0.00686. The highest BCUT2D eigenvalue weighted by atomic mass is 19.4. The minimum Gasteiger partial charge on any atom is -0.467 e. The maximum atomic E-state index is 14.2. The lowest BCUT2D eigenvalue weighted by atomic mass is 9.94. The van der Waals surface area contributed by atoms with E-state index in [1.54, 1.807) is 0 Å². The van der Waals surface area contributed by atoms with Gasteiger partial charge in [-0.05, 0) is 49.4 Å². The van der Waals surface area contributed by atoms with E-state index in [0.717, 1.165) is 19.0 Å². The Morgan fingerprint density at radius 2 is 1.93 bits per heavy atom. The number of hydrogen-bond acceptors (Lipinski definition) is 8. The van der Waals surface area contributed by atoms with Crippen molar-refractivity contribution in [2.75, 3.05) is 57.1 Å². The minimum atomic E-state index is -4.90. The van der Waals surface area contributed by atoms with Gasteiger partial charge in [0.2, 0.25) is 0 Å². The molecule has 3 unspecified atom stereocenters. The van der Waals surface area contributed by atoms with Gasteiger partial charge in [0.25, 0.3) is 6.08 Å². The van der Waals surface area contributed by atoms with Crippen molar-refractivity contribution in [3.63, 3.8) is 0 Å². The third-order valence-corrected chi connectivity index (χ3v) is 8.20. The molecule has 2 N–H and O–H groups in total. The van der Waals surface area contributed by atoms with E-state index >= 15 is 0 Å². The summed E-state index contributed by atoms with van der Waals surface area (Å²) in [6, 6.07) is 2.31. The van der Waals surface area contributed by atoms with E-state index in [4.69, 9.17) is 19.9 Å². The second kappa shape index (κ2) is 12.9. The molecule has 0 spiro atoms. The van der Waals surface area contributed by atoms with Crippen molar-refractivity contribution in [1.29, 1.82) is 0 Å². The number of hydrogen-bond donors (Lipinski definition) is 1. The van der Waals surface area contributed by atoms with Gasteiger partial charge >= 0.3 is 12.2 Å². The number of nitrogens with two attached hydrogens (primary N) is 1. The summed E-state index contributed by atoms with van der Waals surface area (Å²) in [5.41, 5.74) is 5.35. The lowest BCUT2D eigenvalue weighted by molar-refractivity contribution is -0.142. The summed E-state index contributed by atoms with van der Waals surface area (Å²) in [6.07, 6.45) is -4.51. The molecule has 0 aliphatic carbocycles. The molecule has 6 rings (SSSR count). The van der Waals surface area contributed by atoms with Crippen molar-refractivity contribution in [1.82, 2.24) is 14.9 Å². The molecule has 1 aromatic carbocycles. The van der Waals surface area contributed by atoms with Gasteiger partial charge in [-0.3, -0.25) is 4.90 Å². The second-order valence-electron chi connectivity index (χ2n) is 11.4. The van der Waals surface area contributed by atoms with Gasteiger partial charge in [-0.2, -0.15) is 31.9 Å². The molecule has 2 aromatic rings. The van der Waals surface area contributed by atoms with Crippen molar-refractivity contribution in [3.05, 3.63) is 52.0 Å². The predicted molar refractivity (Wildman–Crippen MR) is 146 cm³/mol.